The molecule has 0 fully saturated rings. The fourth-order valence-electron chi connectivity index (χ4n) is 4.34. The van der Waals surface area contributed by atoms with E-state index in [9.17, 15) is 0 Å². The van der Waals surface area contributed by atoms with E-state index in [-0.39, 0.29) is 7.43 Å². The van der Waals surface area contributed by atoms with Crippen LogP contribution in [0.25, 0.3) is 0 Å². The summed E-state index contributed by atoms with van der Waals surface area (Å²) in [7, 11) is 0. The summed E-state index contributed by atoms with van der Waals surface area (Å²) in [6.07, 6.45) is 17.9. The molecule has 0 amide bonds. The van der Waals surface area contributed by atoms with E-state index in [2.05, 4.69) is 151 Å². The van der Waals surface area contributed by atoms with Crippen molar-refractivity contribution in [2.75, 3.05) is 0 Å². The van der Waals surface area contributed by atoms with Gasteiger partial charge in [-0.05, 0) is 34.8 Å². The lowest BCUT2D eigenvalue weighted by molar-refractivity contribution is 0.454. The van der Waals surface area contributed by atoms with Crippen molar-refractivity contribution in [1.82, 2.24) is 0 Å². The quantitative estimate of drug-likeness (QED) is 0.188. The fourth-order valence-corrected chi connectivity index (χ4v) is 4.34. The third-order valence-corrected chi connectivity index (χ3v) is 8.47. The standard InChI is InChI=1S/C14H14.C10H22.C8H18.C6H14.C5H12.CH4/c1-12(13-8-4-2-5-9-13)14-10-6-3-7-11-14;1-4-6-8-10(3)9-7-5-2;1-4-6-8(3)7-5-2;1-4-6(3)5-2;1-4-5(2)3;/h2-12H,1H3;10H,4-9H2,1-3H3;8H,4-7H2,1-3H3;6H,4-5H2,1-3H3;5H,4H2,1-3H3;1H4. The fraction of sp³-hybridized carbons (Fsp3) is 0.727. The summed E-state index contributed by atoms with van der Waals surface area (Å²) < 4.78 is 0. The van der Waals surface area contributed by atoms with Crippen LogP contribution in [-0.4, -0.2) is 0 Å². The van der Waals surface area contributed by atoms with Crippen molar-refractivity contribution in [3.8, 4) is 0 Å². The molecule has 44 heavy (non-hydrogen) atoms. The SMILES string of the molecule is C.CC(c1ccccc1)c1ccccc1.CCC(C)C.CCC(C)CC.CCCC(C)CCC.CCCCC(C)CCCC. The van der Waals surface area contributed by atoms with E-state index in [1.807, 2.05) is 0 Å². The molecule has 0 saturated heterocycles. The summed E-state index contributed by atoms with van der Waals surface area (Å²) in [4.78, 5) is 0. The van der Waals surface area contributed by atoms with Gasteiger partial charge < -0.3 is 0 Å². The van der Waals surface area contributed by atoms with Gasteiger partial charge in [-0.3, -0.25) is 0 Å². The van der Waals surface area contributed by atoms with Crippen LogP contribution in [0.2, 0.25) is 0 Å². The van der Waals surface area contributed by atoms with Crippen molar-refractivity contribution in [3.63, 3.8) is 0 Å². The second-order valence-corrected chi connectivity index (χ2v) is 13.3. The molecule has 0 N–H and O–H groups in total. The second-order valence-electron chi connectivity index (χ2n) is 13.3. The van der Waals surface area contributed by atoms with Gasteiger partial charge in [0.1, 0.15) is 0 Å². The highest BCUT2D eigenvalue weighted by Gasteiger charge is 2.06. The van der Waals surface area contributed by atoms with E-state index in [1.54, 1.807) is 0 Å². The lowest BCUT2D eigenvalue weighted by atomic mass is 9.93. The van der Waals surface area contributed by atoms with Crippen LogP contribution < -0.4 is 0 Å². The monoisotopic (exact) mass is 613 g/mol. The number of unbranched alkanes of at least 4 members (excludes halogenated alkanes) is 2. The van der Waals surface area contributed by atoms with E-state index in [0.29, 0.717) is 5.92 Å². The number of benzene rings is 2. The zero-order valence-electron chi connectivity index (χ0n) is 31.9. The van der Waals surface area contributed by atoms with Crippen LogP contribution in [0.1, 0.15) is 198 Å². The molecule has 0 aliphatic carbocycles. The predicted molar refractivity (Wildman–Crippen MR) is 209 cm³/mol. The first-order chi connectivity index (χ1) is 20.6. The molecule has 0 atom stereocenters. The van der Waals surface area contributed by atoms with Gasteiger partial charge in [0.2, 0.25) is 0 Å². The van der Waals surface area contributed by atoms with Crippen molar-refractivity contribution < 1.29 is 0 Å². The number of hydrogen-bond acceptors (Lipinski definition) is 0. The minimum Gasteiger partial charge on any atom is -0.0776 e. The molecule has 0 aromatic heterocycles. The lowest BCUT2D eigenvalue weighted by Gasteiger charge is -2.11. The molecule has 0 aliphatic heterocycles. The molecule has 0 spiro atoms. The summed E-state index contributed by atoms with van der Waals surface area (Å²) in [5, 5.41) is 0. The van der Waals surface area contributed by atoms with E-state index in [1.165, 1.54) is 94.6 Å². The van der Waals surface area contributed by atoms with Crippen LogP contribution in [0.4, 0.5) is 0 Å². The number of rotatable bonds is 15. The van der Waals surface area contributed by atoms with Gasteiger partial charge in [-0.1, -0.05) is 242 Å². The Kier molecular flexibility index (Phi) is 42.2. The Hall–Kier alpha value is -1.56. The molecule has 260 valence electrons. The zero-order chi connectivity index (χ0) is 33.3. The Bertz CT molecular complexity index is 674. The van der Waals surface area contributed by atoms with Gasteiger partial charge in [-0.25, -0.2) is 0 Å². The maximum atomic E-state index is 2.38. The van der Waals surface area contributed by atoms with E-state index < -0.39 is 0 Å². The van der Waals surface area contributed by atoms with Crippen LogP contribution in [0, 0.1) is 23.7 Å². The third kappa shape index (κ3) is 34.9. The first-order valence-electron chi connectivity index (χ1n) is 18.7. The largest absolute Gasteiger partial charge is 0.0776 e. The minimum atomic E-state index is 0. The molecule has 0 saturated carbocycles. The smallest absolute Gasteiger partial charge is 0.00610 e. The Morgan fingerprint density at radius 3 is 0.955 bits per heavy atom. The molecule has 0 radical (unpaired) electrons. The van der Waals surface area contributed by atoms with E-state index in [4.69, 9.17) is 0 Å². The Morgan fingerprint density at radius 1 is 0.409 bits per heavy atom. The summed E-state index contributed by atoms with van der Waals surface area (Å²) in [5.74, 6) is 4.24. The highest BCUT2D eigenvalue weighted by molar-refractivity contribution is 5.31. The van der Waals surface area contributed by atoms with Gasteiger partial charge in [0.25, 0.3) is 0 Å². The van der Waals surface area contributed by atoms with Gasteiger partial charge >= 0.3 is 0 Å². The lowest BCUT2D eigenvalue weighted by Crippen LogP contribution is -1.94. The molecule has 0 aliphatic rings. The van der Waals surface area contributed by atoms with Crippen LogP contribution in [0.5, 0.6) is 0 Å². The first kappa shape index (κ1) is 49.3. The molecule has 0 heterocycles. The Balaban J connectivity index is -0.000000239. The zero-order valence-corrected chi connectivity index (χ0v) is 31.9. The maximum Gasteiger partial charge on any atom is 0.00610 e. The van der Waals surface area contributed by atoms with Crippen LogP contribution in [-0.2, 0) is 0 Å². The first-order valence-corrected chi connectivity index (χ1v) is 18.7. The molecule has 0 heteroatoms. The molecule has 2 rings (SSSR count). The van der Waals surface area contributed by atoms with Crippen molar-refractivity contribution >= 4 is 0 Å². The molecule has 0 nitrogen and oxygen atoms in total. The van der Waals surface area contributed by atoms with Crippen LogP contribution >= 0.6 is 0 Å². The van der Waals surface area contributed by atoms with Gasteiger partial charge in [0.15, 0.2) is 0 Å². The summed E-state index contributed by atoms with van der Waals surface area (Å²) in [6.45, 7) is 29.4. The van der Waals surface area contributed by atoms with Crippen LogP contribution in [0.15, 0.2) is 60.7 Å². The van der Waals surface area contributed by atoms with Gasteiger partial charge in [-0.2, -0.15) is 0 Å². The molecule has 0 bridgehead atoms. The highest BCUT2D eigenvalue weighted by Crippen LogP contribution is 2.23. The minimum absolute atomic E-state index is 0. The predicted octanol–water partition coefficient (Wildman–Crippen LogP) is 16.2. The van der Waals surface area contributed by atoms with Crippen molar-refractivity contribution in [3.05, 3.63) is 71.8 Å². The topological polar surface area (TPSA) is 0 Å². The van der Waals surface area contributed by atoms with E-state index >= 15 is 0 Å². The Morgan fingerprint density at radius 2 is 0.727 bits per heavy atom. The van der Waals surface area contributed by atoms with Gasteiger partial charge in [0.05, 0.1) is 0 Å². The molecule has 2 aromatic carbocycles. The second kappa shape index (κ2) is 37.6. The normalized spacial score (nSPS) is 10.1. The van der Waals surface area contributed by atoms with Gasteiger partial charge in [0, 0.05) is 5.92 Å². The summed E-state index contributed by atoms with van der Waals surface area (Å²) >= 11 is 0. The van der Waals surface area contributed by atoms with Gasteiger partial charge in [-0.15, -0.1) is 0 Å². The highest BCUT2D eigenvalue weighted by atomic mass is 14.1. The summed E-state index contributed by atoms with van der Waals surface area (Å²) in [6, 6.07) is 21.2. The van der Waals surface area contributed by atoms with Crippen molar-refractivity contribution in [2.24, 2.45) is 23.7 Å². The molecular formula is C44H84. The molecule has 0 unspecified atom stereocenters. The van der Waals surface area contributed by atoms with Crippen LogP contribution in [0.3, 0.4) is 0 Å². The third-order valence-electron chi connectivity index (χ3n) is 8.47. The summed E-state index contributed by atoms with van der Waals surface area (Å²) in [5.41, 5.74) is 2.75. The Labute approximate surface area is 281 Å². The average molecular weight is 613 g/mol. The van der Waals surface area contributed by atoms with E-state index in [0.717, 1.165) is 23.7 Å². The average Bonchev–Trinajstić information content (AvgIpc) is 3.04. The van der Waals surface area contributed by atoms with Crippen molar-refractivity contribution in [1.29, 1.82) is 0 Å². The number of hydrogen-bond donors (Lipinski definition) is 0. The maximum absolute atomic E-state index is 2.38. The molecular weight excluding hydrogens is 528 g/mol. The molecule has 2 aromatic rings. The van der Waals surface area contributed by atoms with Crippen molar-refractivity contribution in [2.45, 2.75) is 187 Å².